The van der Waals surface area contributed by atoms with Gasteiger partial charge in [-0.05, 0) is 12.1 Å². The number of hydrogen-bond acceptors (Lipinski definition) is 10. The summed E-state index contributed by atoms with van der Waals surface area (Å²) < 4.78 is 7.43. The van der Waals surface area contributed by atoms with Crippen LogP contribution in [0.5, 0.6) is 0 Å². The summed E-state index contributed by atoms with van der Waals surface area (Å²) in [5.41, 5.74) is 0.840. The number of esters is 1. The maximum Gasteiger partial charge on any atom is 1.00 e. The molecule has 0 saturated carbocycles. The number of carbonyl (C=O) groups is 2. The molecule has 0 bridgehead atoms. The molecular formula is C19H19LiN6O10. The first-order valence-electron chi connectivity index (χ1n) is 9.09. The molecule has 2 aromatic heterocycles. The van der Waals surface area contributed by atoms with E-state index in [9.17, 15) is 29.8 Å². The maximum absolute atomic E-state index is 11.5. The zero-order valence-corrected chi connectivity index (χ0v) is 19.4. The van der Waals surface area contributed by atoms with Gasteiger partial charge in [-0.2, -0.15) is 10.2 Å². The average Bonchev–Trinajstić information content (AvgIpc) is 3.30. The largest absolute Gasteiger partial charge is 1.00 e. The number of carboxylic acids is 1. The van der Waals surface area contributed by atoms with Gasteiger partial charge < -0.3 is 20.8 Å². The van der Waals surface area contributed by atoms with Crippen LogP contribution in [-0.2, 0) is 18.8 Å². The number of hydrogen-bond donors (Lipinski definition) is 1. The minimum Gasteiger partial charge on any atom is -0.870 e. The van der Waals surface area contributed by atoms with Crippen LogP contribution in [0.3, 0.4) is 0 Å². The molecule has 16 nitrogen and oxygen atoms in total. The number of non-ortho nitro benzene ring substituents is 2. The second-order valence-corrected chi connectivity index (χ2v) is 6.66. The number of carbonyl (C=O) groups excluding carboxylic acids is 1. The van der Waals surface area contributed by atoms with Gasteiger partial charge in [-0.25, -0.2) is 9.59 Å². The average molecular weight is 498 g/mol. The fourth-order valence-electron chi connectivity index (χ4n) is 3.14. The van der Waals surface area contributed by atoms with Crippen LogP contribution in [0.4, 0.5) is 11.4 Å². The summed E-state index contributed by atoms with van der Waals surface area (Å²) >= 11 is 0. The van der Waals surface area contributed by atoms with Crippen molar-refractivity contribution >= 4 is 45.1 Å². The first-order chi connectivity index (χ1) is 15.5. The molecular weight excluding hydrogens is 479 g/mol. The summed E-state index contributed by atoms with van der Waals surface area (Å²) in [5.74, 6) is -1.82. The predicted molar refractivity (Wildman–Crippen MR) is 119 cm³/mol. The Kier molecular flexibility index (Phi) is 10.9. The number of carboxylic acid groups (broad SMARTS) is 1. The van der Waals surface area contributed by atoms with Crippen LogP contribution in [-0.4, -0.2) is 64.5 Å². The number of aromatic carboxylic acids is 1. The van der Waals surface area contributed by atoms with E-state index in [1.165, 1.54) is 46.8 Å². The Hall–Kier alpha value is -4.36. The van der Waals surface area contributed by atoms with E-state index in [0.717, 1.165) is 0 Å². The molecule has 0 aliphatic carbocycles. The Morgan fingerprint density at radius 2 is 1.28 bits per heavy atom. The summed E-state index contributed by atoms with van der Waals surface area (Å²) in [7, 11) is 4.47. The van der Waals surface area contributed by atoms with E-state index in [1.807, 2.05) is 0 Å². The molecule has 0 unspecified atom stereocenters. The zero-order valence-electron chi connectivity index (χ0n) is 19.4. The van der Waals surface area contributed by atoms with Crippen LogP contribution in [0.25, 0.3) is 21.8 Å². The number of ether oxygens (including phenoxy) is 1. The minimum atomic E-state index is -1.20. The molecule has 0 radical (unpaired) electrons. The molecule has 0 fully saturated rings. The summed E-state index contributed by atoms with van der Waals surface area (Å²) in [4.78, 5) is 42.5. The summed E-state index contributed by atoms with van der Waals surface area (Å²) in [6.45, 7) is 0. The van der Waals surface area contributed by atoms with Gasteiger partial charge in [0.25, 0.3) is 11.4 Å². The van der Waals surface area contributed by atoms with Crippen molar-refractivity contribution in [3.8, 4) is 0 Å². The van der Waals surface area contributed by atoms with E-state index in [2.05, 4.69) is 14.9 Å². The van der Waals surface area contributed by atoms with Crippen LogP contribution < -0.4 is 18.9 Å². The van der Waals surface area contributed by atoms with Crippen LogP contribution in [0.2, 0.25) is 0 Å². The number of aryl methyl sites for hydroxylation is 2. The predicted octanol–water partition coefficient (Wildman–Crippen LogP) is -1.55. The van der Waals surface area contributed by atoms with Gasteiger partial charge in [0.15, 0.2) is 11.4 Å². The molecule has 4 N–H and O–H groups in total. The SMILES string of the molecule is COC(=O)c1nn(C)c2ccc([N+](=O)[O-])cc12.Cn1nc(C(=O)O)c2cc([N+](=O)[O-])ccc21.O.[Li+].[OH-]. The van der Waals surface area contributed by atoms with E-state index < -0.39 is 21.8 Å². The number of aromatic nitrogens is 4. The van der Waals surface area contributed by atoms with Crippen molar-refractivity contribution in [2.75, 3.05) is 7.11 Å². The number of rotatable bonds is 4. The first kappa shape index (κ1) is 31.6. The second kappa shape index (κ2) is 12.4. The molecule has 0 aliphatic rings. The van der Waals surface area contributed by atoms with Crippen molar-refractivity contribution in [3.05, 3.63) is 68.0 Å². The molecule has 0 amide bonds. The number of nitro benzene ring substituents is 2. The van der Waals surface area contributed by atoms with Crippen molar-refractivity contribution in [2.45, 2.75) is 0 Å². The standard InChI is InChI=1S/C10H9N3O4.C9H7N3O4.Li.2H2O/c1-12-8-4-3-6(13(15)16)5-7(8)9(11-12)10(14)17-2;1-11-7-3-2-5(12(15)16)4-6(7)8(10-11)9(13)14;;;/h3-5H,1-2H3;2-4H,1H3,(H,13,14);;2*1H2/q;;+1;;/p-1. The molecule has 4 aromatic rings. The van der Waals surface area contributed by atoms with Gasteiger partial charge in [-0.15, -0.1) is 0 Å². The number of benzene rings is 2. The smallest absolute Gasteiger partial charge is 0.870 e. The van der Waals surface area contributed by atoms with Crippen molar-refractivity contribution in [1.29, 1.82) is 0 Å². The van der Waals surface area contributed by atoms with E-state index in [1.54, 1.807) is 20.2 Å². The fraction of sp³-hybridized carbons (Fsp3) is 0.158. The Balaban J connectivity index is 0.000000629. The van der Waals surface area contributed by atoms with Crippen LogP contribution in [0.1, 0.15) is 21.0 Å². The van der Waals surface area contributed by atoms with Crippen molar-refractivity contribution in [1.82, 2.24) is 19.6 Å². The number of nitro groups is 2. The zero-order chi connectivity index (χ0) is 24.4. The normalized spacial score (nSPS) is 9.64. The third kappa shape index (κ3) is 6.00. The van der Waals surface area contributed by atoms with Gasteiger partial charge in [0, 0.05) is 49.1 Å². The van der Waals surface area contributed by atoms with Crippen molar-refractivity contribution in [3.63, 3.8) is 0 Å². The summed E-state index contributed by atoms with van der Waals surface area (Å²) in [5, 5.41) is 38.6. The number of methoxy groups -OCH3 is 1. The molecule has 0 saturated heterocycles. The fourth-order valence-corrected chi connectivity index (χ4v) is 3.14. The molecule has 0 spiro atoms. The second-order valence-electron chi connectivity index (χ2n) is 6.66. The Labute approximate surface area is 213 Å². The van der Waals surface area contributed by atoms with Gasteiger partial charge in [-0.1, -0.05) is 0 Å². The first-order valence-corrected chi connectivity index (χ1v) is 9.09. The van der Waals surface area contributed by atoms with Gasteiger partial charge in [0.2, 0.25) is 0 Å². The van der Waals surface area contributed by atoms with E-state index in [-0.39, 0.29) is 58.0 Å². The van der Waals surface area contributed by atoms with Crippen molar-refractivity contribution < 1.29 is 59.1 Å². The monoisotopic (exact) mass is 498 g/mol. The van der Waals surface area contributed by atoms with Gasteiger partial charge >= 0.3 is 30.8 Å². The maximum atomic E-state index is 11.5. The quantitative estimate of drug-likeness (QED) is 0.146. The molecule has 2 heterocycles. The molecule has 36 heavy (non-hydrogen) atoms. The van der Waals surface area contributed by atoms with Crippen molar-refractivity contribution in [2.24, 2.45) is 14.1 Å². The van der Waals surface area contributed by atoms with Gasteiger partial charge in [-0.3, -0.25) is 29.6 Å². The minimum absolute atomic E-state index is 0. The Bertz CT molecular complexity index is 1450. The molecule has 17 heteroatoms. The Morgan fingerprint density at radius 1 is 0.889 bits per heavy atom. The van der Waals surface area contributed by atoms with Gasteiger partial charge in [0.1, 0.15) is 0 Å². The molecule has 4 rings (SSSR count). The molecule has 2 aromatic carbocycles. The van der Waals surface area contributed by atoms with E-state index >= 15 is 0 Å². The van der Waals surface area contributed by atoms with Crippen LogP contribution in [0.15, 0.2) is 36.4 Å². The Morgan fingerprint density at radius 3 is 1.64 bits per heavy atom. The third-order valence-electron chi connectivity index (χ3n) is 4.67. The summed E-state index contributed by atoms with van der Waals surface area (Å²) in [6.07, 6.45) is 0. The number of nitrogens with zero attached hydrogens (tertiary/aromatic N) is 6. The van der Waals surface area contributed by atoms with E-state index in [0.29, 0.717) is 16.4 Å². The topological polar surface area (TPSA) is 247 Å². The third-order valence-corrected chi connectivity index (χ3v) is 4.67. The summed E-state index contributed by atoms with van der Waals surface area (Å²) in [6, 6.07) is 8.24. The van der Waals surface area contributed by atoms with Crippen LogP contribution in [0, 0.1) is 20.2 Å². The molecule has 0 aliphatic heterocycles. The van der Waals surface area contributed by atoms with E-state index in [4.69, 9.17) is 5.11 Å². The van der Waals surface area contributed by atoms with Gasteiger partial charge in [0.05, 0.1) is 28.0 Å². The molecule has 0 atom stereocenters. The van der Waals surface area contributed by atoms with Crippen LogP contribution >= 0.6 is 0 Å². The number of fused-ring (bicyclic) bond motifs is 2. The molecule has 186 valence electrons.